The molecule has 0 radical (unpaired) electrons. The molecule has 7 nitrogen and oxygen atoms in total. The van der Waals surface area contributed by atoms with Gasteiger partial charge in [-0.15, -0.1) is 0 Å². The number of nitrogens with zero attached hydrogens (tertiary/aromatic N) is 2. The van der Waals surface area contributed by atoms with Crippen LogP contribution in [0.25, 0.3) is 0 Å². The highest BCUT2D eigenvalue weighted by molar-refractivity contribution is 5.99. The quantitative estimate of drug-likeness (QED) is 0.579. The summed E-state index contributed by atoms with van der Waals surface area (Å²) in [6.07, 6.45) is 1.53. The van der Waals surface area contributed by atoms with Gasteiger partial charge >= 0.3 is 5.97 Å². The molecule has 5 rings (SSSR count). The third-order valence-corrected chi connectivity index (χ3v) is 6.44. The lowest BCUT2D eigenvalue weighted by Gasteiger charge is -2.33. The Labute approximate surface area is 203 Å². The molecule has 176 valence electrons. The van der Waals surface area contributed by atoms with Crippen molar-refractivity contribution in [2.24, 2.45) is 0 Å². The van der Waals surface area contributed by atoms with Crippen LogP contribution in [0.1, 0.15) is 39.1 Å². The molecule has 0 spiro atoms. The molecule has 3 atom stereocenters. The first-order chi connectivity index (χ1) is 17.0. The van der Waals surface area contributed by atoms with Crippen LogP contribution in [0.4, 0.5) is 0 Å². The number of ether oxygens (including phenoxy) is 1. The van der Waals surface area contributed by atoms with Gasteiger partial charge in [0.2, 0.25) is 0 Å². The van der Waals surface area contributed by atoms with Gasteiger partial charge in [-0.2, -0.15) is 5.01 Å². The Morgan fingerprint density at radius 2 is 1.49 bits per heavy atom. The van der Waals surface area contributed by atoms with Gasteiger partial charge in [-0.25, -0.2) is 9.80 Å². The zero-order valence-corrected chi connectivity index (χ0v) is 19.4. The van der Waals surface area contributed by atoms with E-state index in [-0.39, 0.29) is 11.8 Å². The second kappa shape index (κ2) is 9.19. The predicted octanol–water partition coefficient (Wildman–Crippen LogP) is 3.71. The van der Waals surface area contributed by atoms with E-state index in [0.29, 0.717) is 11.1 Å². The molecule has 0 aromatic heterocycles. The Bertz CT molecular complexity index is 1290. The maximum absolute atomic E-state index is 13.7. The van der Waals surface area contributed by atoms with Crippen LogP contribution in [0.3, 0.4) is 0 Å². The predicted molar refractivity (Wildman–Crippen MR) is 130 cm³/mol. The van der Waals surface area contributed by atoms with E-state index in [2.05, 4.69) is 5.32 Å². The SMILES string of the molecule is COC(=O)C1=CN2C(=O)[C@@H](NC(=O)c3ccccc3)[C@H](c3ccccc3)N2[C@@H]1c1ccc(C)cc1. The Kier molecular flexibility index (Phi) is 5.93. The van der Waals surface area contributed by atoms with Crippen molar-refractivity contribution in [3.63, 3.8) is 0 Å². The molecular formula is C28H25N3O4. The summed E-state index contributed by atoms with van der Waals surface area (Å²) in [6.45, 7) is 1.99. The van der Waals surface area contributed by atoms with Crippen LogP contribution < -0.4 is 5.32 Å². The molecule has 1 N–H and O–H groups in total. The molecule has 0 saturated carbocycles. The molecular weight excluding hydrogens is 442 g/mol. The molecule has 2 aliphatic heterocycles. The first-order valence-electron chi connectivity index (χ1n) is 11.4. The van der Waals surface area contributed by atoms with Crippen molar-refractivity contribution >= 4 is 17.8 Å². The van der Waals surface area contributed by atoms with Gasteiger partial charge in [-0.1, -0.05) is 78.4 Å². The number of hydrazine groups is 1. The van der Waals surface area contributed by atoms with E-state index in [1.54, 1.807) is 24.3 Å². The minimum atomic E-state index is -0.853. The average molecular weight is 468 g/mol. The normalized spacial score (nSPS) is 21.4. The molecule has 0 unspecified atom stereocenters. The fraction of sp³-hybridized carbons (Fsp3) is 0.179. The lowest BCUT2D eigenvalue weighted by molar-refractivity contribution is -0.138. The molecule has 2 amide bonds. The minimum Gasteiger partial charge on any atom is -0.466 e. The van der Waals surface area contributed by atoms with E-state index < -0.39 is 24.1 Å². The highest BCUT2D eigenvalue weighted by Crippen LogP contribution is 2.48. The van der Waals surface area contributed by atoms with Crippen LogP contribution in [0.5, 0.6) is 0 Å². The summed E-state index contributed by atoms with van der Waals surface area (Å²) in [5, 5.41) is 6.26. The topological polar surface area (TPSA) is 79.0 Å². The van der Waals surface area contributed by atoms with Gasteiger partial charge in [0.25, 0.3) is 11.8 Å². The van der Waals surface area contributed by atoms with E-state index in [4.69, 9.17) is 4.74 Å². The van der Waals surface area contributed by atoms with Crippen molar-refractivity contribution < 1.29 is 19.1 Å². The lowest BCUT2D eigenvalue weighted by atomic mass is 9.93. The number of hydrogen-bond donors (Lipinski definition) is 1. The third kappa shape index (κ3) is 4.00. The summed E-state index contributed by atoms with van der Waals surface area (Å²) in [7, 11) is 1.33. The molecule has 1 fully saturated rings. The Morgan fingerprint density at radius 3 is 2.11 bits per heavy atom. The van der Waals surface area contributed by atoms with Gasteiger partial charge in [-0.05, 0) is 30.2 Å². The van der Waals surface area contributed by atoms with Gasteiger partial charge < -0.3 is 10.1 Å². The van der Waals surface area contributed by atoms with E-state index in [0.717, 1.165) is 16.7 Å². The molecule has 2 heterocycles. The highest BCUT2D eigenvalue weighted by Gasteiger charge is 2.55. The number of amides is 2. The molecule has 7 heteroatoms. The lowest BCUT2D eigenvalue weighted by Crippen LogP contribution is -2.43. The van der Waals surface area contributed by atoms with Crippen molar-refractivity contribution in [2.45, 2.75) is 25.0 Å². The monoisotopic (exact) mass is 467 g/mol. The zero-order valence-electron chi connectivity index (χ0n) is 19.4. The maximum atomic E-state index is 13.7. The number of carbonyl (C=O) groups is 3. The van der Waals surface area contributed by atoms with Crippen molar-refractivity contribution in [3.05, 3.63) is 119 Å². The van der Waals surface area contributed by atoms with Gasteiger partial charge in [0, 0.05) is 11.8 Å². The number of nitrogens with one attached hydrogen (secondary N) is 1. The number of hydrogen-bond acceptors (Lipinski definition) is 5. The van der Waals surface area contributed by atoms with Gasteiger partial charge in [0.05, 0.1) is 24.8 Å². The Hall–Kier alpha value is -4.23. The third-order valence-electron chi connectivity index (χ3n) is 6.44. The maximum Gasteiger partial charge on any atom is 0.337 e. The van der Waals surface area contributed by atoms with Crippen molar-refractivity contribution in [3.8, 4) is 0 Å². The number of benzene rings is 3. The van der Waals surface area contributed by atoms with Crippen LogP contribution in [0.15, 0.2) is 96.7 Å². The molecule has 0 aliphatic carbocycles. The van der Waals surface area contributed by atoms with Gasteiger partial charge in [0.15, 0.2) is 0 Å². The Morgan fingerprint density at radius 1 is 0.857 bits per heavy atom. The summed E-state index contributed by atoms with van der Waals surface area (Å²) >= 11 is 0. The number of carbonyl (C=O) groups excluding carboxylic acids is 3. The fourth-order valence-corrected chi connectivity index (χ4v) is 4.75. The van der Waals surface area contributed by atoms with E-state index in [1.165, 1.54) is 18.3 Å². The fourth-order valence-electron chi connectivity index (χ4n) is 4.75. The minimum absolute atomic E-state index is 0.320. The number of rotatable bonds is 5. The summed E-state index contributed by atoms with van der Waals surface area (Å²) in [6, 6.07) is 24.2. The number of fused-ring (bicyclic) bond motifs is 1. The smallest absolute Gasteiger partial charge is 0.337 e. The number of aryl methyl sites for hydroxylation is 1. The number of methoxy groups -OCH3 is 1. The van der Waals surface area contributed by atoms with E-state index in [1.807, 2.05) is 72.6 Å². The molecule has 3 aromatic carbocycles. The van der Waals surface area contributed by atoms with Gasteiger partial charge in [0.1, 0.15) is 6.04 Å². The van der Waals surface area contributed by atoms with Crippen LogP contribution in [-0.4, -0.2) is 41.0 Å². The molecule has 3 aromatic rings. The second-order valence-electron chi connectivity index (χ2n) is 8.62. The van der Waals surface area contributed by atoms with Crippen molar-refractivity contribution in [1.29, 1.82) is 0 Å². The van der Waals surface area contributed by atoms with Crippen LogP contribution in [0, 0.1) is 6.92 Å². The van der Waals surface area contributed by atoms with Gasteiger partial charge in [-0.3, -0.25) is 9.59 Å². The Balaban J connectivity index is 1.60. The molecule has 35 heavy (non-hydrogen) atoms. The summed E-state index contributed by atoms with van der Waals surface area (Å²) < 4.78 is 5.06. The van der Waals surface area contributed by atoms with Crippen LogP contribution in [-0.2, 0) is 14.3 Å². The highest BCUT2D eigenvalue weighted by atomic mass is 16.5. The van der Waals surface area contributed by atoms with Crippen molar-refractivity contribution in [1.82, 2.24) is 15.3 Å². The number of esters is 1. The van der Waals surface area contributed by atoms with Crippen LogP contribution in [0.2, 0.25) is 0 Å². The van der Waals surface area contributed by atoms with E-state index >= 15 is 0 Å². The summed E-state index contributed by atoms with van der Waals surface area (Å²) in [5.41, 5.74) is 3.60. The second-order valence-corrected chi connectivity index (χ2v) is 8.62. The first kappa shape index (κ1) is 22.6. The van der Waals surface area contributed by atoms with Crippen LogP contribution >= 0.6 is 0 Å². The standard InChI is InChI=1S/C28H25N3O4/c1-18-13-15-20(16-14-18)24-22(28(34)35-2)17-30-27(33)23(29-26(32)21-11-7-4-8-12-21)25(31(24)30)19-9-5-3-6-10-19/h3-17,23-25H,1-2H3,(H,29,32)/t23-,24+,25-/m0/s1. The summed E-state index contributed by atoms with van der Waals surface area (Å²) in [4.78, 5) is 39.5. The molecule has 0 bridgehead atoms. The largest absolute Gasteiger partial charge is 0.466 e. The van der Waals surface area contributed by atoms with E-state index in [9.17, 15) is 14.4 Å². The molecule has 2 aliphatic rings. The zero-order chi connectivity index (χ0) is 24.5. The summed E-state index contributed by atoms with van der Waals surface area (Å²) in [5.74, 6) is -1.16. The first-order valence-corrected chi connectivity index (χ1v) is 11.4. The average Bonchev–Trinajstić information content (AvgIpc) is 3.40. The molecule has 1 saturated heterocycles. The van der Waals surface area contributed by atoms with Crippen molar-refractivity contribution in [2.75, 3.05) is 7.11 Å².